The van der Waals surface area contributed by atoms with Gasteiger partial charge in [-0.1, -0.05) is 11.3 Å². The van der Waals surface area contributed by atoms with E-state index in [2.05, 4.69) is 15.4 Å². The second-order valence-electron chi connectivity index (χ2n) is 7.33. The number of nitrogens with one attached hydrogen (secondary N) is 1. The number of anilines is 3. The third-order valence-corrected chi connectivity index (χ3v) is 6.06. The Labute approximate surface area is 180 Å². The largest absolute Gasteiger partial charge is 0.389 e. The molecule has 4 rings (SSSR count). The minimum absolute atomic E-state index is 0.0665. The number of carbonyl (C=O) groups is 1. The van der Waals surface area contributed by atoms with E-state index < -0.39 is 23.7 Å². The summed E-state index contributed by atoms with van der Waals surface area (Å²) in [5.74, 6) is -1.22. The first-order valence-corrected chi connectivity index (χ1v) is 10.6. The maximum Gasteiger partial charge on any atom is 0.277 e. The number of halogens is 3. The van der Waals surface area contributed by atoms with Gasteiger partial charge in [0.15, 0.2) is 11.5 Å². The Hall–Kier alpha value is -3.08. The summed E-state index contributed by atoms with van der Waals surface area (Å²) >= 11 is 0.896. The van der Waals surface area contributed by atoms with E-state index in [0.29, 0.717) is 43.9 Å². The second-order valence-corrected chi connectivity index (χ2v) is 8.36. The number of benzene rings is 1. The lowest BCUT2D eigenvalue weighted by atomic mass is 10.2. The number of rotatable bonds is 4. The van der Waals surface area contributed by atoms with E-state index >= 15 is 0 Å². The van der Waals surface area contributed by atoms with Crippen molar-refractivity contribution in [1.29, 1.82) is 0 Å². The first-order chi connectivity index (χ1) is 14.8. The van der Waals surface area contributed by atoms with Gasteiger partial charge in [0.25, 0.3) is 5.91 Å². The van der Waals surface area contributed by atoms with Crippen LogP contribution in [0.4, 0.5) is 29.7 Å². The summed E-state index contributed by atoms with van der Waals surface area (Å²) in [4.78, 5) is 19.0. The number of hydrogen-bond acceptors (Lipinski definition) is 6. The smallest absolute Gasteiger partial charge is 0.277 e. The maximum absolute atomic E-state index is 14.1. The van der Waals surface area contributed by atoms with Crippen molar-refractivity contribution >= 4 is 33.8 Å². The van der Waals surface area contributed by atoms with Gasteiger partial charge in [-0.3, -0.25) is 9.48 Å². The van der Waals surface area contributed by atoms with Gasteiger partial charge in [-0.2, -0.15) is 5.10 Å². The van der Waals surface area contributed by atoms with Crippen LogP contribution < -0.4 is 16.0 Å². The fraction of sp³-hybridized carbons (Fsp3) is 0.350. The number of nitrogens with two attached hydrogens (primary N) is 1. The Bertz CT molecular complexity index is 1110. The van der Waals surface area contributed by atoms with Crippen LogP contribution in [0.1, 0.15) is 29.8 Å². The van der Waals surface area contributed by atoms with Crippen molar-refractivity contribution in [2.24, 2.45) is 7.05 Å². The zero-order valence-corrected chi connectivity index (χ0v) is 17.6. The van der Waals surface area contributed by atoms with Gasteiger partial charge in [0.05, 0.1) is 6.20 Å². The molecule has 1 unspecified atom stereocenters. The Kier molecular flexibility index (Phi) is 5.86. The summed E-state index contributed by atoms with van der Waals surface area (Å²) in [6.07, 6.45) is 2.26. The molecule has 0 saturated carbocycles. The second kappa shape index (κ2) is 8.58. The molecule has 7 nitrogen and oxygen atoms in total. The molecule has 1 aromatic carbocycles. The summed E-state index contributed by atoms with van der Waals surface area (Å²) in [5.41, 5.74) is 6.24. The standard InChI is InChI=1S/C20H21F3N6OS/c1-28-20(29-7-2-3-11(21)6-8-29)15(10-25-28)26-18(30)16-17(24)31-19(27-16)13-9-12(22)4-5-14(13)23/h4-5,9-11H,2-3,6-8,24H2,1H3,(H,26,30). The Balaban J connectivity index is 1.59. The third-order valence-electron chi connectivity index (χ3n) is 5.14. The monoisotopic (exact) mass is 450 g/mol. The third kappa shape index (κ3) is 4.36. The maximum atomic E-state index is 14.1. The van der Waals surface area contributed by atoms with Gasteiger partial charge < -0.3 is 16.0 Å². The van der Waals surface area contributed by atoms with E-state index in [-0.39, 0.29) is 21.3 Å². The lowest BCUT2D eigenvalue weighted by Gasteiger charge is -2.23. The van der Waals surface area contributed by atoms with Crippen LogP contribution in [0.25, 0.3) is 10.6 Å². The summed E-state index contributed by atoms with van der Waals surface area (Å²) in [6.45, 7) is 1.15. The number of thiazole rings is 1. The molecule has 1 saturated heterocycles. The van der Waals surface area contributed by atoms with Crippen LogP contribution in [0.3, 0.4) is 0 Å². The average Bonchev–Trinajstić information content (AvgIpc) is 3.21. The van der Waals surface area contributed by atoms with Gasteiger partial charge in [0.1, 0.15) is 33.5 Å². The number of nitrogens with zero attached hydrogens (tertiary/aromatic N) is 4. The fourth-order valence-electron chi connectivity index (χ4n) is 3.61. The van der Waals surface area contributed by atoms with Crippen molar-refractivity contribution in [3.8, 4) is 10.6 Å². The molecular formula is C20H21F3N6OS. The van der Waals surface area contributed by atoms with Gasteiger partial charge in [0.2, 0.25) is 0 Å². The van der Waals surface area contributed by atoms with Gasteiger partial charge in [0, 0.05) is 25.7 Å². The van der Waals surface area contributed by atoms with Crippen molar-refractivity contribution in [1.82, 2.24) is 14.8 Å². The fourth-order valence-corrected chi connectivity index (χ4v) is 4.46. The minimum Gasteiger partial charge on any atom is -0.389 e. The molecule has 0 aliphatic carbocycles. The van der Waals surface area contributed by atoms with E-state index in [9.17, 15) is 18.0 Å². The van der Waals surface area contributed by atoms with Crippen LogP contribution >= 0.6 is 11.3 Å². The Morgan fingerprint density at radius 1 is 1.29 bits per heavy atom. The summed E-state index contributed by atoms with van der Waals surface area (Å²) in [6, 6.07) is 3.00. The summed E-state index contributed by atoms with van der Waals surface area (Å²) in [7, 11) is 1.74. The number of alkyl halides is 1. The molecule has 3 aromatic rings. The average molecular weight is 450 g/mol. The normalized spacial score (nSPS) is 16.9. The van der Waals surface area contributed by atoms with Crippen LogP contribution in [0, 0.1) is 11.6 Å². The van der Waals surface area contributed by atoms with E-state index in [1.54, 1.807) is 11.7 Å². The van der Waals surface area contributed by atoms with E-state index in [1.807, 2.05) is 4.90 Å². The van der Waals surface area contributed by atoms with Crippen molar-refractivity contribution in [2.45, 2.75) is 25.4 Å². The van der Waals surface area contributed by atoms with Gasteiger partial charge in [-0.05, 0) is 37.5 Å². The van der Waals surface area contributed by atoms with Crippen molar-refractivity contribution in [2.75, 3.05) is 29.0 Å². The number of aryl methyl sites for hydroxylation is 1. The molecule has 0 spiro atoms. The molecule has 164 valence electrons. The number of nitrogen functional groups attached to an aromatic ring is 1. The first-order valence-electron chi connectivity index (χ1n) is 9.77. The van der Waals surface area contributed by atoms with Crippen LogP contribution in [0.5, 0.6) is 0 Å². The molecule has 3 N–H and O–H groups in total. The van der Waals surface area contributed by atoms with Crippen LogP contribution in [-0.4, -0.2) is 39.9 Å². The van der Waals surface area contributed by atoms with Gasteiger partial charge in [-0.15, -0.1) is 0 Å². The molecule has 1 fully saturated rings. The first kappa shape index (κ1) is 21.2. The Morgan fingerprint density at radius 3 is 2.90 bits per heavy atom. The van der Waals surface area contributed by atoms with Crippen molar-refractivity contribution < 1.29 is 18.0 Å². The van der Waals surface area contributed by atoms with Gasteiger partial charge >= 0.3 is 0 Å². The van der Waals surface area contributed by atoms with Gasteiger partial charge in [-0.25, -0.2) is 18.2 Å². The topological polar surface area (TPSA) is 89.1 Å². The Morgan fingerprint density at radius 2 is 2.10 bits per heavy atom. The van der Waals surface area contributed by atoms with E-state index in [1.165, 1.54) is 6.20 Å². The van der Waals surface area contributed by atoms with Crippen LogP contribution in [0.2, 0.25) is 0 Å². The quantitative estimate of drug-likeness (QED) is 0.628. The molecule has 1 aliphatic rings. The van der Waals surface area contributed by atoms with E-state index in [4.69, 9.17) is 5.73 Å². The lowest BCUT2D eigenvalue weighted by Crippen LogP contribution is -2.28. The summed E-state index contributed by atoms with van der Waals surface area (Å²) < 4.78 is 43.0. The highest BCUT2D eigenvalue weighted by molar-refractivity contribution is 7.19. The molecule has 1 amide bonds. The summed E-state index contributed by atoms with van der Waals surface area (Å²) in [5, 5.41) is 7.14. The van der Waals surface area contributed by atoms with Crippen LogP contribution in [-0.2, 0) is 7.05 Å². The number of aromatic nitrogens is 3. The molecule has 1 atom stereocenters. The van der Waals surface area contributed by atoms with Crippen molar-refractivity contribution in [3.63, 3.8) is 0 Å². The number of carbonyl (C=O) groups excluding carboxylic acids is 1. The molecular weight excluding hydrogens is 429 g/mol. The predicted molar refractivity (Wildman–Crippen MR) is 114 cm³/mol. The SMILES string of the molecule is Cn1ncc(NC(=O)c2nc(-c3cc(F)ccc3F)sc2N)c1N1CCCC(F)CC1. The molecule has 1 aliphatic heterocycles. The molecule has 0 bridgehead atoms. The highest BCUT2D eigenvalue weighted by atomic mass is 32.1. The molecule has 3 heterocycles. The minimum atomic E-state index is -0.840. The zero-order chi connectivity index (χ0) is 22.1. The molecule has 11 heteroatoms. The molecule has 2 aromatic heterocycles. The molecule has 0 radical (unpaired) electrons. The number of hydrogen-bond donors (Lipinski definition) is 2. The highest BCUT2D eigenvalue weighted by Crippen LogP contribution is 2.33. The number of amides is 1. The zero-order valence-electron chi connectivity index (χ0n) is 16.7. The predicted octanol–water partition coefficient (Wildman–Crippen LogP) is 3.98. The van der Waals surface area contributed by atoms with Crippen molar-refractivity contribution in [3.05, 3.63) is 41.7 Å². The molecule has 31 heavy (non-hydrogen) atoms. The lowest BCUT2D eigenvalue weighted by molar-refractivity contribution is 0.102. The van der Waals surface area contributed by atoms with E-state index in [0.717, 1.165) is 29.5 Å². The van der Waals surface area contributed by atoms with Crippen LogP contribution in [0.15, 0.2) is 24.4 Å². The highest BCUT2D eigenvalue weighted by Gasteiger charge is 2.25.